The molecule has 2 aromatic rings. The molecule has 24 heavy (non-hydrogen) atoms. The summed E-state index contributed by atoms with van der Waals surface area (Å²) in [6, 6.07) is 15.9. The molecular weight excluding hydrogens is 322 g/mol. The van der Waals surface area contributed by atoms with E-state index < -0.39 is 0 Å². The van der Waals surface area contributed by atoms with E-state index in [4.69, 9.17) is 9.47 Å². The lowest BCUT2D eigenvalue weighted by Crippen LogP contribution is -2.27. The van der Waals surface area contributed by atoms with Crippen LogP contribution in [0.15, 0.2) is 48.5 Å². The largest absolute Gasteiger partial charge is 0.493 e. The molecule has 1 atom stereocenters. The van der Waals surface area contributed by atoms with Crippen molar-refractivity contribution in [2.45, 2.75) is 18.9 Å². The lowest BCUT2D eigenvalue weighted by molar-refractivity contribution is -0.128. The maximum Gasteiger partial charge on any atom is 0.220 e. The summed E-state index contributed by atoms with van der Waals surface area (Å²) in [5.41, 5.74) is 2.17. The first-order valence-electron chi connectivity index (χ1n) is 7.92. The van der Waals surface area contributed by atoms with E-state index in [1.807, 2.05) is 53.4 Å². The second-order valence-electron chi connectivity index (χ2n) is 5.62. The van der Waals surface area contributed by atoms with Gasteiger partial charge in [0, 0.05) is 19.2 Å². The van der Waals surface area contributed by atoms with Crippen molar-refractivity contribution in [2.75, 3.05) is 19.4 Å². The zero-order valence-electron chi connectivity index (χ0n) is 13.9. The third-order valence-corrected chi connectivity index (χ3v) is 5.27. The van der Waals surface area contributed by atoms with Crippen molar-refractivity contribution < 1.29 is 14.3 Å². The molecule has 1 heterocycles. The zero-order chi connectivity index (χ0) is 16.9. The summed E-state index contributed by atoms with van der Waals surface area (Å²) in [5, 5.41) is 0.0486. The maximum atomic E-state index is 11.8. The molecular formula is C19H21NO3S. The number of hydrogen-bond acceptors (Lipinski definition) is 4. The second-order valence-corrected chi connectivity index (χ2v) is 6.81. The third kappa shape index (κ3) is 3.67. The van der Waals surface area contributed by atoms with Crippen LogP contribution in [-0.2, 0) is 11.4 Å². The Balaban J connectivity index is 1.81. The Labute approximate surface area is 146 Å². The minimum Gasteiger partial charge on any atom is -0.493 e. The van der Waals surface area contributed by atoms with Crippen LogP contribution in [0.2, 0.25) is 0 Å². The van der Waals surface area contributed by atoms with E-state index in [0.717, 1.165) is 23.4 Å². The van der Waals surface area contributed by atoms with Gasteiger partial charge in [0.25, 0.3) is 0 Å². The molecule has 1 amide bonds. The molecule has 0 unspecified atom stereocenters. The van der Waals surface area contributed by atoms with Crippen molar-refractivity contribution >= 4 is 17.7 Å². The van der Waals surface area contributed by atoms with Gasteiger partial charge in [-0.2, -0.15) is 0 Å². The molecule has 0 aliphatic carbocycles. The number of rotatable bonds is 5. The Morgan fingerprint density at radius 2 is 2.00 bits per heavy atom. The minimum absolute atomic E-state index is 0.0486. The van der Waals surface area contributed by atoms with E-state index in [2.05, 4.69) is 0 Å². The highest BCUT2D eigenvalue weighted by atomic mass is 32.2. The Bertz CT molecular complexity index is 705. The number of carbonyl (C=O) groups excluding carboxylic acids is 1. The van der Waals surface area contributed by atoms with Crippen LogP contribution in [0, 0.1) is 0 Å². The summed E-state index contributed by atoms with van der Waals surface area (Å²) in [5.74, 6) is 2.46. The molecule has 1 aliphatic rings. The number of methoxy groups -OCH3 is 1. The highest BCUT2D eigenvalue weighted by Crippen LogP contribution is 2.41. The van der Waals surface area contributed by atoms with Gasteiger partial charge < -0.3 is 14.4 Å². The molecule has 0 bridgehead atoms. The fraction of sp³-hybridized carbons (Fsp3) is 0.316. The Morgan fingerprint density at radius 3 is 2.71 bits per heavy atom. The highest BCUT2D eigenvalue weighted by molar-refractivity contribution is 7.99. The molecule has 3 rings (SSSR count). The molecule has 0 saturated carbocycles. The van der Waals surface area contributed by atoms with Crippen LogP contribution in [0.4, 0.5) is 0 Å². The molecule has 1 aliphatic heterocycles. The number of amides is 1. The maximum absolute atomic E-state index is 11.8. The Morgan fingerprint density at radius 1 is 1.21 bits per heavy atom. The topological polar surface area (TPSA) is 38.8 Å². The van der Waals surface area contributed by atoms with Crippen LogP contribution in [0.25, 0.3) is 0 Å². The number of thioether (sulfide) groups is 1. The standard InChI is InChI=1S/C19H21NO3S/c1-14(21)20-10-11-24-19(20)16-8-9-17(22-2)18(12-16)23-13-15-6-4-3-5-7-15/h3-9,12,19H,10-11,13H2,1-2H3/t19-/m1/s1. The third-order valence-electron chi connectivity index (χ3n) is 4.01. The lowest BCUT2D eigenvalue weighted by Gasteiger charge is -2.23. The van der Waals surface area contributed by atoms with E-state index in [0.29, 0.717) is 18.1 Å². The molecule has 1 saturated heterocycles. The molecule has 1 fully saturated rings. The molecule has 4 nitrogen and oxygen atoms in total. The average molecular weight is 343 g/mol. The summed E-state index contributed by atoms with van der Waals surface area (Å²) in [4.78, 5) is 13.7. The van der Waals surface area contributed by atoms with Gasteiger partial charge in [0.2, 0.25) is 5.91 Å². The van der Waals surface area contributed by atoms with E-state index in [1.54, 1.807) is 25.8 Å². The van der Waals surface area contributed by atoms with Crippen molar-refractivity contribution in [2.24, 2.45) is 0 Å². The zero-order valence-corrected chi connectivity index (χ0v) is 14.7. The van der Waals surface area contributed by atoms with E-state index >= 15 is 0 Å². The fourth-order valence-electron chi connectivity index (χ4n) is 2.76. The minimum atomic E-state index is 0.0486. The summed E-state index contributed by atoms with van der Waals surface area (Å²) in [6.07, 6.45) is 0. The number of ether oxygens (including phenoxy) is 2. The van der Waals surface area contributed by atoms with Gasteiger partial charge in [-0.3, -0.25) is 4.79 Å². The van der Waals surface area contributed by atoms with Crippen LogP contribution >= 0.6 is 11.8 Å². The normalized spacial score (nSPS) is 16.9. The smallest absolute Gasteiger partial charge is 0.220 e. The number of nitrogens with zero attached hydrogens (tertiary/aromatic N) is 1. The van der Waals surface area contributed by atoms with E-state index in [1.165, 1.54) is 0 Å². The quantitative estimate of drug-likeness (QED) is 0.826. The number of carbonyl (C=O) groups is 1. The van der Waals surface area contributed by atoms with Crippen molar-refractivity contribution in [3.05, 3.63) is 59.7 Å². The van der Waals surface area contributed by atoms with Gasteiger partial charge in [-0.25, -0.2) is 0 Å². The Hall–Kier alpha value is -2.14. The van der Waals surface area contributed by atoms with Gasteiger partial charge in [0.05, 0.1) is 7.11 Å². The van der Waals surface area contributed by atoms with E-state index in [9.17, 15) is 4.79 Å². The van der Waals surface area contributed by atoms with Gasteiger partial charge in [-0.05, 0) is 23.3 Å². The van der Waals surface area contributed by atoms with Crippen LogP contribution in [-0.4, -0.2) is 30.2 Å². The van der Waals surface area contributed by atoms with Gasteiger partial charge in [-0.1, -0.05) is 36.4 Å². The van der Waals surface area contributed by atoms with Crippen LogP contribution < -0.4 is 9.47 Å². The molecule has 0 aromatic heterocycles. The van der Waals surface area contributed by atoms with E-state index in [-0.39, 0.29) is 11.3 Å². The van der Waals surface area contributed by atoms with Crippen molar-refractivity contribution in [1.29, 1.82) is 0 Å². The predicted molar refractivity (Wildman–Crippen MR) is 96.4 cm³/mol. The first-order valence-corrected chi connectivity index (χ1v) is 8.97. The number of benzene rings is 2. The molecule has 0 radical (unpaired) electrons. The number of hydrogen-bond donors (Lipinski definition) is 0. The lowest BCUT2D eigenvalue weighted by atomic mass is 10.1. The summed E-state index contributed by atoms with van der Waals surface area (Å²) < 4.78 is 11.4. The second kappa shape index (κ2) is 7.62. The van der Waals surface area contributed by atoms with Crippen LogP contribution in [0.5, 0.6) is 11.5 Å². The highest BCUT2D eigenvalue weighted by Gasteiger charge is 2.29. The van der Waals surface area contributed by atoms with Crippen molar-refractivity contribution in [3.8, 4) is 11.5 Å². The van der Waals surface area contributed by atoms with Gasteiger partial charge >= 0.3 is 0 Å². The molecule has 0 N–H and O–H groups in total. The Kier molecular flexibility index (Phi) is 5.30. The van der Waals surface area contributed by atoms with Crippen molar-refractivity contribution in [3.63, 3.8) is 0 Å². The van der Waals surface area contributed by atoms with Crippen molar-refractivity contribution in [1.82, 2.24) is 4.90 Å². The SMILES string of the molecule is COc1ccc([C@H]2SCCN2C(C)=O)cc1OCc1ccccc1. The fourth-order valence-corrected chi connectivity index (χ4v) is 4.06. The van der Waals surface area contributed by atoms with Gasteiger partial charge in [0.15, 0.2) is 11.5 Å². The van der Waals surface area contributed by atoms with Crippen LogP contribution in [0.3, 0.4) is 0 Å². The predicted octanol–water partition coefficient (Wildman–Crippen LogP) is 3.87. The molecule has 126 valence electrons. The van der Waals surface area contributed by atoms with Crippen LogP contribution in [0.1, 0.15) is 23.4 Å². The average Bonchev–Trinajstić information content (AvgIpc) is 3.10. The van der Waals surface area contributed by atoms with Gasteiger partial charge in [0.1, 0.15) is 12.0 Å². The molecule has 2 aromatic carbocycles. The summed E-state index contributed by atoms with van der Waals surface area (Å²) in [6.45, 7) is 2.89. The summed E-state index contributed by atoms with van der Waals surface area (Å²) in [7, 11) is 1.64. The first kappa shape index (κ1) is 16.7. The van der Waals surface area contributed by atoms with Gasteiger partial charge in [-0.15, -0.1) is 11.8 Å². The summed E-state index contributed by atoms with van der Waals surface area (Å²) >= 11 is 1.78. The first-order chi connectivity index (χ1) is 11.7. The monoisotopic (exact) mass is 343 g/mol. The molecule has 0 spiro atoms. The molecule has 5 heteroatoms.